The van der Waals surface area contributed by atoms with E-state index in [-0.39, 0.29) is 19.5 Å². The van der Waals surface area contributed by atoms with E-state index in [1.165, 1.54) is 57.8 Å². The number of unbranched alkanes of at least 4 members (excludes halogenated alkanes) is 7. The van der Waals surface area contributed by atoms with E-state index >= 15 is 0 Å². The normalized spacial score (nSPS) is 13.8. The Morgan fingerprint density at radius 2 is 1.33 bits per heavy atom. The molecule has 1 fully saturated rings. The summed E-state index contributed by atoms with van der Waals surface area (Å²) in [6, 6.07) is 0. The van der Waals surface area contributed by atoms with Crippen LogP contribution in [0.25, 0.3) is 0 Å². The monoisotopic (exact) mass is 260 g/mol. The molecule has 1 saturated carbocycles. The summed E-state index contributed by atoms with van der Waals surface area (Å²) in [5.74, 6) is 0.833. The van der Waals surface area contributed by atoms with Gasteiger partial charge in [0.25, 0.3) is 0 Å². The molecule has 0 nitrogen and oxygen atoms in total. The Balaban J connectivity index is 0. The molecule has 0 N–H and O–H groups in total. The first kappa shape index (κ1) is 18.0. The van der Waals surface area contributed by atoms with E-state index in [4.69, 9.17) is 0 Å². The van der Waals surface area contributed by atoms with Crippen LogP contribution in [0.3, 0.4) is 0 Å². The van der Waals surface area contributed by atoms with Crippen LogP contribution in [0.4, 0.5) is 0 Å². The minimum Gasteiger partial charge on any atom is -0.343 e. The van der Waals surface area contributed by atoms with E-state index in [0.717, 1.165) is 12.3 Å². The molecule has 86 valence electrons. The Kier molecular flexibility index (Phi) is 17.5. The molecule has 0 atom stereocenters. The fraction of sp³-hybridized carbons (Fsp3) is 0.857. The first-order valence-electron chi connectivity index (χ1n) is 6.43. The van der Waals surface area contributed by atoms with Crippen molar-refractivity contribution in [2.75, 3.05) is 0 Å². The Morgan fingerprint density at radius 1 is 0.933 bits per heavy atom. The van der Waals surface area contributed by atoms with E-state index in [9.17, 15) is 0 Å². The maximum Gasteiger partial charge on any atom is 2.00 e. The molecule has 1 aliphatic rings. The Hall–Kier alpha value is 0.623. The van der Waals surface area contributed by atoms with E-state index < -0.39 is 0 Å². The van der Waals surface area contributed by atoms with E-state index in [2.05, 4.69) is 20.8 Å². The zero-order valence-electron chi connectivity index (χ0n) is 10.8. The van der Waals surface area contributed by atoms with Gasteiger partial charge in [-0.25, -0.2) is 0 Å². The maximum atomic E-state index is 3.82. The van der Waals surface area contributed by atoms with Gasteiger partial charge in [0.15, 0.2) is 0 Å². The number of rotatable bonds is 7. The van der Waals surface area contributed by atoms with Crippen LogP contribution >= 0.6 is 0 Å². The van der Waals surface area contributed by atoms with Gasteiger partial charge in [0, 0.05) is 0 Å². The number of hydrogen-bond donors (Lipinski definition) is 0. The van der Waals surface area contributed by atoms with Crippen LogP contribution in [0.15, 0.2) is 0 Å². The molecule has 0 heterocycles. The first-order chi connectivity index (χ1) is 6.81. The van der Waals surface area contributed by atoms with Crippen LogP contribution in [-0.4, -0.2) is 0 Å². The van der Waals surface area contributed by atoms with E-state index in [1.54, 1.807) is 0 Å². The standard InChI is InChI=1S/C10H21.C4H7.Zn/c1-3-5-7-9-10-8-6-4-2;1-4-2-3-4;/h1,3-10H2,2H3;4H,1-3H2;/q2*-1;+2. The van der Waals surface area contributed by atoms with Gasteiger partial charge >= 0.3 is 19.5 Å². The van der Waals surface area contributed by atoms with Crippen molar-refractivity contribution in [2.24, 2.45) is 5.92 Å². The second-order valence-electron chi connectivity index (χ2n) is 4.42. The van der Waals surface area contributed by atoms with Crippen LogP contribution < -0.4 is 0 Å². The topological polar surface area (TPSA) is 0 Å². The summed E-state index contributed by atoms with van der Waals surface area (Å²) < 4.78 is 0. The predicted molar refractivity (Wildman–Crippen MR) is 66.0 cm³/mol. The van der Waals surface area contributed by atoms with Crippen molar-refractivity contribution in [3.05, 3.63) is 13.8 Å². The van der Waals surface area contributed by atoms with Gasteiger partial charge < -0.3 is 13.8 Å². The van der Waals surface area contributed by atoms with Crippen molar-refractivity contribution in [3.63, 3.8) is 0 Å². The predicted octanol–water partition coefficient (Wildman–Crippen LogP) is 5.19. The molecule has 0 aromatic heterocycles. The molecule has 0 radical (unpaired) electrons. The van der Waals surface area contributed by atoms with Crippen molar-refractivity contribution in [1.82, 2.24) is 0 Å². The van der Waals surface area contributed by atoms with Crippen LogP contribution in [-0.2, 0) is 19.5 Å². The van der Waals surface area contributed by atoms with Crippen molar-refractivity contribution in [1.29, 1.82) is 0 Å². The van der Waals surface area contributed by atoms with Crippen LogP contribution in [0.1, 0.15) is 71.1 Å². The SMILES string of the molecule is [CH2-]C1CC1.[CH2-]CCCCCCCCC.[Zn+2]. The first-order valence-corrected chi connectivity index (χ1v) is 6.43. The largest absolute Gasteiger partial charge is 2.00 e. The molecule has 1 aliphatic carbocycles. The van der Waals surface area contributed by atoms with Gasteiger partial charge in [-0.05, 0) is 0 Å². The molecule has 1 rings (SSSR count). The van der Waals surface area contributed by atoms with Gasteiger partial charge in [-0.2, -0.15) is 12.3 Å². The van der Waals surface area contributed by atoms with Crippen molar-refractivity contribution < 1.29 is 19.5 Å². The second kappa shape index (κ2) is 14.6. The fourth-order valence-corrected chi connectivity index (χ4v) is 1.25. The molecule has 0 spiro atoms. The average Bonchev–Trinajstić information content (AvgIpc) is 2.95. The molecule has 0 unspecified atom stereocenters. The molecule has 0 amide bonds. The van der Waals surface area contributed by atoms with E-state index in [0.29, 0.717) is 0 Å². The van der Waals surface area contributed by atoms with Crippen LogP contribution in [0.2, 0.25) is 0 Å². The summed E-state index contributed by atoms with van der Waals surface area (Å²) in [5, 5.41) is 0. The fourth-order valence-electron chi connectivity index (χ4n) is 1.25. The summed E-state index contributed by atoms with van der Waals surface area (Å²) in [4.78, 5) is 0. The zero-order valence-corrected chi connectivity index (χ0v) is 13.7. The van der Waals surface area contributed by atoms with Gasteiger partial charge in [-0.3, -0.25) is 0 Å². The van der Waals surface area contributed by atoms with Crippen molar-refractivity contribution in [3.8, 4) is 0 Å². The van der Waals surface area contributed by atoms with E-state index in [1.807, 2.05) is 0 Å². The van der Waals surface area contributed by atoms with Crippen LogP contribution in [0.5, 0.6) is 0 Å². The molecular weight excluding hydrogens is 234 g/mol. The molecule has 0 aromatic carbocycles. The third-order valence-electron chi connectivity index (χ3n) is 2.55. The van der Waals surface area contributed by atoms with Gasteiger partial charge in [-0.15, -0.1) is 0 Å². The summed E-state index contributed by atoms with van der Waals surface area (Å²) in [5.41, 5.74) is 0. The van der Waals surface area contributed by atoms with Crippen LogP contribution in [0, 0.1) is 19.8 Å². The molecule has 1 heteroatoms. The Labute approximate surface area is 110 Å². The summed E-state index contributed by atoms with van der Waals surface area (Å²) in [6.45, 7) is 9.83. The maximum absolute atomic E-state index is 3.82. The Morgan fingerprint density at radius 3 is 1.67 bits per heavy atom. The average molecular weight is 262 g/mol. The zero-order chi connectivity index (χ0) is 10.6. The Bertz CT molecular complexity index is 89.5. The molecule has 0 aromatic rings. The summed E-state index contributed by atoms with van der Waals surface area (Å²) in [6.07, 6.45) is 13.7. The smallest absolute Gasteiger partial charge is 0.343 e. The van der Waals surface area contributed by atoms with Gasteiger partial charge in [-0.1, -0.05) is 64.7 Å². The third kappa shape index (κ3) is 20.6. The quantitative estimate of drug-likeness (QED) is 0.336. The minimum atomic E-state index is 0. The number of hydrogen-bond acceptors (Lipinski definition) is 0. The molecule has 15 heavy (non-hydrogen) atoms. The summed E-state index contributed by atoms with van der Waals surface area (Å²) in [7, 11) is 0. The molecule has 0 aliphatic heterocycles. The minimum absolute atomic E-state index is 0. The van der Waals surface area contributed by atoms with Crippen molar-refractivity contribution >= 4 is 0 Å². The summed E-state index contributed by atoms with van der Waals surface area (Å²) >= 11 is 0. The molecule has 0 saturated heterocycles. The van der Waals surface area contributed by atoms with Gasteiger partial charge in [0.1, 0.15) is 0 Å². The molecule has 0 bridgehead atoms. The third-order valence-corrected chi connectivity index (χ3v) is 2.55. The van der Waals surface area contributed by atoms with Crippen molar-refractivity contribution in [2.45, 2.75) is 71.1 Å². The second-order valence-corrected chi connectivity index (χ2v) is 4.42. The van der Waals surface area contributed by atoms with Gasteiger partial charge in [0.2, 0.25) is 0 Å². The van der Waals surface area contributed by atoms with Gasteiger partial charge in [0.05, 0.1) is 0 Å². The molecular formula is C14H28Zn.